The monoisotopic (exact) mass is 622 g/mol. The molecule has 1 aliphatic heterocycles. The van der Waals surface area contributed by atoms with Crippen LogP contribution in [0.3, 0.4) is 0 Å². The molecule has 1 saturated carbocycles. The largest absolute Gasteiger partial charge is 0.459 e. The third kappa shape index (κ3) is 6.28. The van der Waals surface area contributed by atoms with Crippen molar-refractivity contribution in [2.75, 3.05) is 0 Å². The summed E-state index contributed by atoms with van der Waals surface area (Å²) in [5.74, 6) is -5.05. The normalized spacial score (nSPS) is 34.8. The fraction of sp³-hybridized carbons (Fsp3) is 0.719. The standard InChI is InChI=1S/C32H46O12/c1-9-12-13-15-22(35)41-26-24-23(18(5)25(26)42-28(36)17(4)11-3)27-32(39,31(8,38)29(37)43-27)20(40-21(34)14-10-2)16-30(24,7)44-19(6)33/h11,20,24-27,38-39H,9-10,12-16H2,1-8H3/b17-11-. The Bertz CT molecular complexity index is 1230. The van der Waals surface area contributed by atoms with Crippen LogP contribution in [0.4, 0.5) is 0 Å². The van der Waals surface area contributed by atoms with Crippen molar-refractivity contribution in [3.8, 4) is 0 Å². The van der Waals surface area contributed by atoms with E-state index in [4.69, 9.17) is 23.7 Å². The number of hydrogen-bond acceptors (Lipinski definition) is 12. The summed E-state index contributed by atoms with van der Waals surface area (Å²) in [6.45, 7) is 12.3. The smallest absolute Gasteiger partial charge is 0.341 e. The Morgan fingerprint density at radius 2 is 1.61 bits per heavy atom. The van der Waals surface area contributed by atoms with E-state index in [1.807, 2.05) is 6.92 Å². The van der Waals surface area contributed by atoms with Crippen molar-refractivity contribution >= 4 is 29.8 Å². The summed E-state index contributed by atoms with van der Waals surface area (Å²) < 4.78 is 29.1. The molecule has 2 aliphatic carbocycles. The summed E-state index contributed by atoms with van der Waals surface area (Å²) in [4.78, 5) is 64.7. The van der Waals surface area contributed by atoms with Crippen LogP contribution in [0, 0.1) is 5.92 Å². The molecule has 1 heterocycles. The van der Waals surface area contributed by atoms with Gasteiger partial charge in [0.05, 0.1) is 5.92 Å². The fourth-order valence-electron chi connectivity index (χ4n) is 6.55. The summed E-state index contributed by atoms with van der Waals surface area (Å²) in [5.41, 5.74) is -6.12. The summed E-state index contributed by atoms with van der Waals surface area (Å²) >= 11 is 0. The lowest BCUT2D eigenvalue weighted by Crippen LogP contribution is -2.64. The summed E-state index contributed by atoms with van der Waals surface area (Å²) in [6.07, 6.45) is -1.96. The van der Waals surface area contributed by atoms with Crippen LogP contribution in [0.1, 0.15) is 100 Å². The maximum Gasteiger partial charge on any atom is 0.341 e. The summed E-state index contributed by atoms with van der Waals surface area (Å²) in [6, 6.07) is 0. The fourth-order valence-corrected chi connectivity index (χ4v) is 6.55. The third-order valence-electron chi connectivity index (χ3n) is 9.01. The number of ether oxygens (including phenoxy) is 5. The predicted molar refractivity (Wildman–Crippen MR) is 155 cm³/mol. The van der Waals surface area contributed by atoms with Gasteiger partial charge in [-0.25, -0.2) is 9.59 Å². The van der Waals surface area contributed by atoms with Gasteiger partial charge in [-0.3, -0.25) is 14.4 Å². The van der Waals surface area contributed by atoms with Crippen molar-refractivity contribution in [1.29, 1.82) is 0 Å². The Morgan fingerprint density at radius 3 is 2.18 bits per heavy atom. The van der Waals surface area contributed by atoms with Gasteiger partial charge in [0.15, 0.2) is 29.5 Å². The molecular weight excluding hydrogens is 576 g/mol. The Morgan fingerprint density at radius 1 is 0.977 bits per heavy atom. The summed E-state index contributed by atoms with van der Waals surface area (Å²) in [5, 5.41) is 23.8. The van der Waals surface area contributed by atoms with Crippen LogP contribution in [0.15, 0.2) is 22.8 Å². The van der Waals surface area contributed by atoms with E-state index in [-0.39, 0.29) is 29.6 Å². The first-order valence-corrected chi connectivity index (χ1v) is 15.3. The number of esters is 5. The molecule has 0 spiro atoms. The molecule has 44 heavy (non-hydrogen) atoms. The number of aliphatic hydroxyl groups is 2. The van der Waals surface area contributed by atoms with Gasteiger partial charge in [0.1, 0.15) is 11.7 Å². The molecule has 12 nitrogen and oxygen atoms in total. The predicted octanol–water partition coefficient (Wildman–Crippen LogP) is 3.15. The van der Waals surface area contributed by atoms with Crippen molar-refractivity contribution in [2.24, 2.45) is 5.92 Å². The number of carbonyl (C=O) groups excluding carboxylic acids is 5. The highest BCUT2D eigenvalue weighted by Gasteiger charge is 2.76. The topological polar surface area (TPSA) is 172 Å². The molecular formula is C32H46O12. The van der Waals surface area contributed by atoms with Crippen LogP contribution in [-0.4, -0.2) is 81.3 Å². The molecule has 2 N–H and O–H groups in total. The molecule has 3 aliphatic rings. The molecule has 1 saturated heterocycles. The van der Waals surface area contributed by atoms with Crippen molar-refractivity contribution in [2.45, 2.75) is 142 Å². The van der Waals surface area contributed by atoms with Gasteiger partial charge in [-0.05, 0) is 58.6 Å². The summed E-state index contributed by atoms with van der Waals surface area (Å²) in [7, 11) is 0. The van der Waals surface area contributed by atoms with Crippen LogP contribution in [0.5, 0.6) is 0 Å². The van der Waals surface area contributed by atoms with Crippen LogP contribution >= 0.6 is 0 Å². The van der Waals surface area contributed by atoms with E-state index in [1.54, 1.807) is 33.8 Å². The van der Waals surface area contributed by atoms with Gasteiger partial charge >= 0.3 is 29.8 Å². The molecule has 0 bridgehead atoms. The molecule has 0 radical (unpaired) electrons. The van der Waals surface area contributed by atoms with E-state index in [1.165, 1.54) is 13.8 Å². The Labute approximate surface area is 258 Å². The number of rotatable bonds is 11. The molecule has 0 aromatic heterocycles. The van der Waals surface area contributed by atoms with Gasteiger partial charge in [0.25, 0.3) is 0 Å². The lowest BCUT2D eigenvalue weighted by molar-refractivity contribution is -0.212. The van der Waals surface area contributed by atoms with Crippen molar-refractivity contribution < 1.29 is 57.9 Å². The molecule has 12 heteroatoms. The highest BCUT2D eigenvalue weighted by Crippen LogP contribution is 2.57. The first-order chi connectivity index (χ1) is 20.5. The molecule has 0 aromatic rings. The minimum absolute atomic E-state index is 0.0239. The molecule has 0 amide bonds. The van der Waals surface area contributed by atoms with E-state index in [9.17, 15) is 34.2 Å². The molecule has 3 rings (SSSR count). The number of carbonyl (C=O) groups is 5. The molecule has 8 atom stereocenters. The minimum atomic E-state index is -2.57. The van der Waals surface area contributed by atoms with Crippen molar-refractivity contribution in [1.82, 2.24) is 0 Å². The Kier molecular flexibility index (Phi) is 10.7. The third-order valence-corrected chi connectivity index (χ3v) is 9.01. The minimum Gasteiger partial charge on any atom is -0.459 e. The van der Waals surface area contributed by atoms with Gasteiger partial charge in [0, 0.05) is 31.8 Å². The number of allylic oxidation sites excluding steroid dienone is 1. The first-order valence-electron chi connectivity index (χ1n) is 15.3. The SMILES string of the molecule is C/C=C(/C)C(=O)OC1C(C)=C2C(C1OC(=O)CCCCC)C(C)(OC(C)=O)CC(OC(=O)CCC)C1(O)C2OC(=O)C1(C)O. The van der Waals surface area contributed by atoms with Crippen LogP contribution in [-0.2, 0) is 47.7 Å². The van der Waals surface area contributed by atoms with Gasteiger partial charge in [-0.15, -0.1) is 0 Å². The van der Waals surface area contributed by atoms with Gasteiger partial charge in [-0.2, -0.15) is 0 Å². The highest BCUT2D eigenvalue weighted by molar-refractivity contribution is 5.88. The molecule has 246 valence electrons. The number of fused-ring (bicyclic) bond motifs is 3. The number of unbranched alkanes of at least 4 members (excludes halogenated alkanes) is 2. The highest BCUT2D eigenvalue weighted by atomic mass is 16.6. The van der Waals surface area contributed by atoms with Crippen LogP contribution < -0.4 is 0 Å². The van der Waals surface area contributed by atoms with Crippen LogP contribution in [0.25, 0.3) is 0 Å². The zero-order valence-electron chi connectivity index (χ0n) is 26.9. The van der Waals surface area contributed by atoms with E-state index in [0.29, 0.717) is 12.8 Å². The Hall–Kier alpha value is -3.25. The Balaban J connectivity index is 2.29. The maximum absolute atomic E-state index is 13.2. The van der Waals surface area contributed by atoms with Crippen molar-refractivity contribution in [3.63, 3.8) is 0 Å². The zero-order chi connectivity index (χ0) is 33.2. The van der Waals surface area contributed by atoms with E-state index >= 15 is 0 Å². The van der Waals surface area contributed by atoms with Gasteiger partial charge < -0.3 is 33.9 Å². The lowest BCUT2D eigenvalue weighted by Gasteiger charge is -2.41. The van der Waals surface area contributed by atoms with Crippen LogP contribution in [0.2, 0.25) is 0 Å². The zero-order valence-corrected chi connectivity index (χ0v) is 26.9. The second-order valence-corrected chi connectivity index (χ2v) is 12.3. The molecule has 8 unspecified atom stereocenters. The van der Waals surface area contributed by atoms with E-state index < -0.39 is 83.4 Å². The average molecular weight is 623 g/mol. The second kappa shape index (κ2) is 13.4. The van der Waals surface area contributed by atoms with Crippen molar-refractivity contribution in [3.05, 3.63) is 22.8 Å². The van der Waals surface area contributed by atoms with Gasteiger partial charge in [0.2, 0.25) is 0 Å². The van der Waals surface area contributed by atoms with E-state index in [2.05, 4.69) is 0 Å². The quantitative estimate of drug-likeness (QED) is 0.114. The maximum atomic E-state index is 13.2. The first kappa shape index (κ1) is 35.2. The molecule has 0 aromatic carbocycles. The molecule has 2 fully saturated rings. The number of hydrogen-bond donors (Lipinski definition) is 2. The lowest BCUT2D eigenvalue weighted by atomic mass is 9.75. The van der Waals surface area contributed by atoms with E-state index in [0.717, 1.165) is 19.8 Å². The van der Waals surface area contributed by atoms with Gasteiger partial charge in [-0.1, -0.05) is 32.8 Å². The average Bonchev–Trinajstić information content (AvgIpc) is 3.26. The second-order valence-electron chi connectivity index (χ2n) is 12.3.